The minimum absolute atomic E-state index is 0.0595. The molecule has 0 bridgehead atoms. The van der Waals surface area contributed by atoms with Crippen LogP contribution in [0.5, 0.6) is 0 Å². The molecule has 1 aliphatic rings. The third-order valence-corrected chi connectivity index (χ3v) is 4.02. The molecule has 1 atom stereocenters. The topological polar surface area (TPSA) is 115 Å². The Labute approximate surface area is 149 Å². The standard InChI is InChI=1S/C17H19N3O6/c1-2-24-16(23)11-5-3-7-20(9-11)15(22)12-10-26-17(18-12)19-14(21)13-6-4-8-25-13/h4,6,8,10-11H,2-3,5,7,9H2,1H3,(H,18,19,21). The lowest BCUT2D eigenvalue weighted by molar-refractivity contribution is -0.149. The molecular formula is C17H19N3O6. The molecule has 9 heteroatoms. The number of nitrogens with zero attached hydrogens (tertiary/aromatic N) is 2. The predicted molar refractivity (Wildman–Crippen MR) is 88.4 cm³/mol. The van der Waals surface area contributed by atoms with Crippen molar-refractivity contribution < 1.29 is 28.0 Å². The van der Waals surface area contributed by atoms with E-state index in [1.165, 1.54) is 18.6 Å². The number of carbonyl (C=O) groups is 3. The average Bonchev–Trinajstić information content (AvgIpc) is 3.33. The first-order valence-corrected chi connectivity index (χ1v) is 8.34. The van der Waals surface area contributed by atoms with Crippen LogP contribution in [-0.2, 0) is 9.53 Å². The molecule has 138 valence electrons. The van der Waals surface area contributed by atoms with Gasteiger partial charge in [0, 0.05) is 13.1 Å². The van der Waals surface area contributed by atoms with Gasteiger partial charge in [0.25, 0.3) is 11.8 Å². The van der Waals surface area contributed by atoms with Gasteiger partial charge in [0.15, 0.2) is 11.5 Å². The zero-order chi connectivity index (χ0) is 18.5. The van der Waals surface area contributed by atoms with Crippen LogP contribution in [0.15, 0.2) is 33.5 Å². The molecular weight excluding hydrogens is 342 g/mol. The van der Waals surface area contributed by atoms with E-state index in [-0.39, 0.29) is 41.8 Å². The third-order valence-electron chi connectivity index (χ3n) is 4.02. The molecule has 2 amide bonds. The molecule has 9 nitrogen and oxygen atoms in total. The Morgan fingerprint density at radius 3 is 2.96 bits per heavy atom. The second-order valence-electron chi connectivity index (χ2n) is 5.81. The smallest absolute Gasteiger partial charge is 0.310 e. The van der Waals surface area contributed by atoms with Gasteiger partial charge in [-0.2, -0.15) is 4.98 Å². The number of aromatic nitrogens is 1. The molecule has 1 fully saturated rings. The Bertz CT molecular complexity index is 782. The van der Waals surface area contributed by atoms with Crippen LogP contribution in [0, 0.1) is 5.92 Å². The zero-order valence-electron chi connectivity index (χ0n) is 14.3. The van der Waals surface area contributed by atoms with E-state index in [1.54, 1.807) is 17.9 Å². The van der Waals surface area contributed by atoms with Gasteiger partial charge in [-0.15, -0.1) is 0 Å². The largest absolute Gasteiger partial charge is 0.466 e. The van der Waals surface area contributed by atoms with Crippen molar-refractivity contribution in [2.45, 2.75) is 19.8 Å². The van der Waals surface area contributed by atoms with Crippen LogP contribution in [0.1, 0.15) is 40.8 Å². The summed E-state index contributed by atoms with van der Waals surface area (Å²) >= 11 is 0. The zero-order valence-corrected chi connectivity index (χ0v) is 14.3. The van der Waals surface area contributed by atoms with Gasteiger partial charge in [0.05, 0.1) is 18.8 Å². The fraction of sp³-hybridized carbons (Fsp3) is 0.412. The van der Waals surface area contributed by atoms with Gasteiger partial charge in [-0.3, -0.25) is 19.7 Å². The molecule has 0 radical (unpaired) electrons. The molecule has 0 spiro atoms. The number of amides is 2. The molecule has 3 rings (SSSR count). The van der Waals surface area contributed by atoms with Crippen LogP contribution < -0.4 is 5.32 Å². The maximum absolute atomic E-state index is 12.6. The van der Waals surface area contributed by atoms with E-state index in [4.69, 9.17) is 13.6 Å². The number of carbonyl (C=O) groups excluding carboxylic acids is 3. The number of furan rings is 1. The Hall–Kier alpha value is -3.10. The second-order valence-corrected chi connectivity index (χ2v) is 5.81. The summed E-state index contributed by atoms with van der Waals surface area (Å²) in [5, 5.41) is 2.41. The number of rotatable bonds is 5. The molecule has 2 aromatic rings. The van der Waals surface area contributed by atoms with Crippen molar-refractivity contribution in [3.05, 3.63) is 36.1 Å². The first-order chi connectivity index (χ1) is 12.6. The summed E-state index contributed by atoms with van der Waals surface area (Å²) in [5.41, 5.74) is 0.0595. The monoisotopic (exact) mass is 361 g/mol. The van der Waals surface area contributed by atoms with Crippen molar-refractivity contribution in [1.29, 1.82) is 0 Å². The molecule has 3 heterocycles. The maximum Gasteiger partial charge on any atom is 0.310 e. The van der Waals surface area contributed by atoms with E-state index in [2.05, 4.69) is 10.3 Å². The molecule has 1 N–H and O–H groups in total. The number of esters is 1. The summed E-state index contributed by atoms with van der Waals surface area (Å²) in [6, 6.07) is 2.97. The van der Waals surface area contributed by atoms with Crippen molar-refractivity contribution in [3.8, 4) is 0 Å². The van der Waals surface area contributed by atoms with Gasteiger partial charge in [-0.25, -0.2) is 0 Å². The Kier molecular flexibility index (Phi) is 5.35. The predicted octanol–water partition coefficient (Wildman–Crippen LogP) is 1.94. The lowest BCUT2D eigenvalue weighted by atomic mass is 9.98. The first-order valence-electron chi connectivity index (χ1n) is 8.34. The van der Waals surface area contributed by atoms with Gasteiger partial charge in [0.1, 0.15) is 6.26 Å². The number of likely N-dealkylation sites (tertiary alicyclic amines) is 1. The van der Waals surface area contributed by atoms with E-state index in [1.807, 2.05) is 0 Å². The summed E-state index contributed by atoms with van der Waals surface area (Å²) in [6.45, 7) is 2.86. The van der Waals surface area contributed by atoms with Crippen molar-refractivity contribution in [2.75, 3.05) is 25.0 Å². The van der Waals surface area contributed by atoms with E-state index in [0.717, 1.165) is 0 Å². The van der Waals surface area contributed by atoms with Crippen molar-refractivity contribution in [2.24, 2.45) is 5.92 Å². The van der Waals surface area contributed by atoms with Crippen molar-refractivity contribution in [1.82, 2.24) is 9.88 Å². The minimum atomic E-state index is -0.531. The molecule has 1 aliphatic heterocycles. The van der Waals surface area contributed by atoms with E-state index < -0.39 is 5.91 Å². The molecule has 0 aromatic carbocycles. The molecule has 1 saturated heterocycles. The summed E-state index contributed by atoms with van der Waals surface area (Å²) < 4.78 is 15.1. The van der Waals surface area contributed by atoms with Crippen LogP contribution in [0.25, 0.3) is 0 Å². The van der Waals surface area contributed by atoms with Gasteiger partial charge in [-0.05, 0) is 31.9 Å². The second kappa shape index (κ2) is 7.85. The number of ether oxygens (including phenoxy) is 1. The highest BCUT2D eigenvalue weighted by Crippen LogP contribution is 2.20. The van der Waals surface area contributed by atoms with Crippen LogP contribution in [0.4, 0.5) is 6.01 Å². The van der Waals surface area contributed by atoms with E-state index in [0.29, 0.717) is 26.0 Å². The minimum Gasteiger partial charge on any atom is -0.466 e. The number of piperidine rings is 1. The lowest BCUT2D eigenvalue weighted by Gasteiger charge is -2.30. The highest BCUT2D eigenvalue weighted by atomic mass is 16.5. The average molecular weight is 361 g/mol. The number of hydrogen-bond donors (Lipinski definition) is 1. The van der Waals surface area contributed by atoms with Crippen molar-refractivity contribution in [3.63, 3.8) is 0 Å². The molecule has 0 aliphatic carbocycles. The van der Waals surface area contributed by atoms with Gasteiger partial charge < -0.3 is 18.5 Å². The fourth-order valence-electron chi connectivity index (χ4n) is 2.77. The van der Waals surface area contributed by atoms with Crippen LogP contribution in [0.3, 0.4) is 0 Å². The maximum atomic E-state index is 12.6. The Morgan fingerprint density at radius 2 is 2.23 bits per heavy atom. The normalized spacial score (nSPS) is 17.0. The first kappa shape index (κ1) is 17.7. The Balaban J connectivity index is 1.62. The summed E-state index contributed by atoms with van der Waals surface area (Å²) in [4.78, 5) is 41.9. The molecule has 26 heavy (non-hydrogen) atoms. The molecule has 1 unspecified atom stereocenters. The third kappa shape index (κ3) is 3.93. The highest BCUT2D eigenvalue weighted by Gasteiger charge is 2.31. The van der Waals surface area contributed by atoms with E-state index in [9.17, 15) is 14.4 Å². The summed E-state index contributed by atoms with van der Waals surface area (Å²) in [7, 11) is 0. The molecule has 2 aromatic heterocycles. The van der Waals surface area contributed by atoms with Gasteiger partial charge in [0.2, 0.25) is 0 Å². The van der Waals surface area contributed by atoms with E-state index >= 15 is 0 Å². The summed E-state index contributed by atoms with van der Waals surface area (Å²) in [6.07, 6.45) is 3.94. The lowest BCUT2D eigenvalue weighted by Crippen LogP contribution is -2.43. The quantitative estimate of drug-likeness (QED) is 0.809. The Morgan fingerprint density at radius 1 is 1.38 bits per heavy atom. The van der Waals surface area contributed by atoms with Crippen LogP contribution >= 0.6 is 0 Å². The number of nitrogens with one attached hydrogen (secondary N) is 1. The van der Waals surface area contributed by atoms with Gasteiger partial charge >= 0.3 is 12.0 Å². The number of anilines is 1. The number of oxazole rings is 1. The van der Waals surface area contributed by atoms with Crippen molar-refractivity contribution >= 4 is 23.8 Å². The van der Waals surface area contributed by atoms with Crippen LogP contribution in [0.2, 0.25) is 0 Å². The fourth-order valence-corrected chi connectivity index (χ4v) is 2.77. The van der Waals surface area contributed by atoms with Crippen LogP contribution in [-0.4, -0.2) is 47.4 Å². The highest BCUT2D eigenvalue weighted by molar-refractivity contribution is 6.01. The SMILES string of the molecule is CCOC(=O)C1CCCN(C(=O)c2coc(NC(=O)c3ccco3)n2)C1. The summed E-state index contributed by atoms with van der Waals surface area (Å²) in [5.74, 6) is -1.42. The van der Waals surface area contributed by atoms with Gasteiger partial charge in [-0.1, -0.05) is 0 Å². The number of hydrogen-bond acceptors (Lipinski definition) is 7. The molecule has 0 saturated carbocycles.